The molecule has 1 saturated heterocycles. The molecule has 0 spiro atoms. The highest BCUT2D eigenvalue weighted by molar-refractivity contribution is 7.90. The number of hydrogen-bond acceptors (Lipinski definition) is 5. The minimum absolute atomic E-state index is 0.374. The monoisotopic (exact) mass is 324 g/mol. The van der Waals surface area contributed by atoms with E-state index in [2.05, 4.69) is 9.71 Å². The number of nitrogens with one attached hydrogen (secondary N) is 1. The second-order valence-electron chi connectivity index (χ2n) is 4.88. The summed E-state index contributed by atoms with van der Waals surface area (Å²) in [5.41, 5.74) is 7.98. The van der Waals surface area contributed by atoms with Gasteiger partial charge < -0.3 is 5.73 Å². The number of aromatic nitrogens is 1. The molecule has 0 atom stereocenters. The van der Waals surface area contributed by atoms with Crippen LogP contribution in [0.25, 0.3) is 11.3 Å². The van der Waals surface area contributed by atoms with Crippen molar-refractivity contribution in [3.05, 3.63) is 29.6 Å². The predicted molar refractivity (Wildman–Crippen MR) is 85.3 cm³/mol. The van der Waals surface area contributed by atoms with Crippen LogP contribution in [-0.4, -0.2) is 30.8 Å². The summed E-state index contributed by atoms with van der Waals surface area (Å²) in [5.74, 6) is 0. The first kappa shape index (κ1) is 14.3. The van der Waals surface area contributed by atoms with Gasteiger partial charge in [0.2, 0.25) is 0 Å². The van der Waals surface area contributed by atoms with E-state index in [4.69, 9.17) is 5.73 Å². The average Bonchev–Trinajstić information content (AvgIpc) is 3.09. The summed E-state index contributed by atoms with van der Waals surface area (Å²) >= 11 is 1.27. The topological polar surface area (TPSA) is 88.3 Å². The zero-order valence-corrected chi connectivity index (χ0v) is 13.0. The Kier molecular flexibility index (Phi) is 3.83. The maximum absolute atomic E-state index is 12.2. The SMILES string of the molecule is Nc1cccc(-c2csc(NS(=O)(=O)N3CCCC3)n2)c1. The Labute approximate surface area is 127 Å². The number of nitrogens with two attached hydrogens (primary N) is 1. The zero-order chi connectivity index (χ0) is 14.9. The van der Waals surface area contributed by atoms with Gasteiger partial charge in [-0.25, -0.2) is 9.71 Å². The van der Waals surface area contributed by atoms with Crippen LogP contribution in [0.5, 0.6) is 0 Å². The molecule has 0 saturated carbocycles. The lowest BCUT2D eigenvalue weighted by Gasteiger charge is -2.14. The fourth-order valence-electron chi connectivity index (χ4n) is 2.25. The van der Waals surface area contributed by atoms with E-state index in [1.807, 2.05) is 23.6 Å². The van der Waals surface area contributed by atoms with Gasteiger partial charge in [-0.05, 0) is 25.0 Å². The minimum Gasteiger partial charge on any atom is -0.399 e. The molecule has 3 rings (SSSR count). The quantitative estimate of drug-likeness (QED) is 0.843. The van der Waals surface area contributed by atoms with E-state index in [1.165, 1.54) is 15.6 Å². The second-order valence-corrected chi connectivity index (χ2v) is 7.41. The van der Waals surface area contributed by atoms with Crippen LogP contribution in [0.2, 0.25) is 0 Å². The van der Waals surface area contributed by atoms with Crippen molar-refractivity contribution in [3.8, 4) is 11.3 Å². The molecule has 2 heterocycles. The highest BCUT2D eigenvalue weighted by Gasteiger charge is 2.26. The Bertz CT molecular complexity index is 736. The van der Waals surface area contributed by atoms with E-state index in [1.54, 1.807) is 6.07 Å². The third-order valence-corrected chi connectivity index (χ3v) is 5.69. The highest BCUT2D eigenvalue weighted by Crippen LogP contribution is 2.27. The number of thiazole rings is 1. The maximum atomic E-state index is 12.2. The van der Waals surface area contributed by atoms with E-state index in [9.17, 15) is 8.42 Å². The number of hydrogen-bond donors (Lipinski definition) is 2. The molecule has 112 valence electrons. The first-order chi connectivity index (χ1) is 10.0. The predicted octanol–water partition coefficient (Wildman–Crippen LogP) is 2.14. The van der Waals surface area contributed by atoms with Crippen molar-refractivity contribution in [3.63, 3.8) is 0 Å². The first-order valence-electron chi connectivity index (χ1n) is 6.64. The van der Waals surface area contributed by atoms with E-state index in [0.29, 0.717) is 29.6 Å². The fraction of sp³-hybridized carbons (Fsp3) is 0.308. The Morgan fingerprint density at radius 3 is 2.76 bits per heavy atom. The summed E-state index contributed by atoms with van der Waals surface area (Å²) in [6, 6.07) is 7.35. The van der Waals surface area contributed by atoms with Gasteiger partial charge in [0.1, 0.15) is 0 Å². The summed E-state index contributed by atoms with van der Waals surface area (Å²) < 4.78 is 28.3. The van der Waals surface area contributed by atoms with E-state index < -0.39 is 10.2 Å². The van der Waals surface area contributed by atoms with Crippen molar-refractivity contribution < 1.29 is 8.42 Å². The molecule has 0 amide bonds. The summed E-state index contributed by atoms with van der Waals surface area (Å²) in [5, 5.41) is 2.19. The maximum Gasteiger partial charge on any atom is 0.303 e. The number of rotatable bonds is 4. The first-order valence-corrected chi connectivity index (χ1v) is 8.96. The van der Waals surface area contributed by atoms with Crippen LogP contribution in [-0.2, 0) is 10.2 Å². The molecular weight excluding hydrogens is 308 g/mol. The molecule has 3 N–H and O–H groups in total. The molecule has 0 aliphatic carbocycles. The largest absolute Gasteiger partial charge is 0.399 e. The molecule has 1 aliphatic rings. The molecular formula is C13H16N4O2S2. The fourth-order valence-corrected chi connectivity index (χ4v) is 4.46. The Balaban J connectivity index is 1.79. The normalized spacial score (nSPS) is 16.2. The van der Waals surface area contributed by atoms with Gasteiger partial charge in [0.05, 0.1) is 5.69 Å². The van der Waals surface area contributed by atoms with Gasteiger partial charge in [-0.3, -0.25) is 0 Å². The molecule has 2 aromatic rings. The Hall–Kier alpha value is -1.64. The van der Waals surface area contributed by atoms with Crippen LogP contribution < -0.4 is 10.5 Å². The van der Waals surface area contributed by atoms with Crippen molar-refractivity contribution in [2.24, 2.45) is 0 Å². The third-order valence-electron chi connectivity index (χ3n) is 3.31. The van der Waals surface area contributed by atoms with Crippen LogP contribution in [0.1, 0.15) is 12.8 Å². The molecule has 1 aromatic heterocycles. The van der Waals surface area contributed by atoms with Crippen LogP contribution >= 0.6 is 11.3 Å². The standard InChI is InChI=1S/C13H16N4O2S2/c14-11-5-3-4-10(8-11)12-9-20-13(15-12)16-21(18,19)17-6-1-2-7-17/h3-5,8-9H,1-2,6-7,14H2,(H,15,16). The van der Waals surface area contributed by atoms with Crippen molar-refractivity contribution in [1.29, 1.82) is 0 Å². The van der Waals surface area contributed by atoms with Gasteiger partial charge in [-0.2, -0.15) is 12.7 Å². The average molecular weight is 324 g/mol. The van der Waals surface area contributed by atoms with Gasteiger partial charge >= 0.3 is 10.2 Å². The molecule has 1 aromatic carbocycles. The number of anilines is 2. The molecule has 8 heteroatoms. The van der Waals surface area contributed by atoms with Crippen molar-refractivity contribution in [2.75, 3.05) is 23.5 Å². The smallest absolute Gasteiger partial charge is 0.303 e. The zero-order valence-electron chi connectivity index (χ0n) is 11.3. The van der Waals surface area contributed by atoms with E-state index >= 15 is 0 Å². The summed E-state index contributed by atoms with van der Waals surface area (Å²) in [6.45, 7) is 1.14. The summed E-state index contributed by atoms with van der Waals surface area (Å²) in [6.07, 6.45) is 1.82. The number of nitrogen functional groups attached to an aromatic ring is 1. The Morgan fingerprint density at radius 2 is 2.05 bits per heavy atom. The third kappa shape index (κ3) is 3.17. The molecule has 21 heavy (non-hydrogen) atoms. The molecule has 1 fully saturated rings. The van der Waals surface area contributed by atoms with Crippen LogP contribution in [0.15, 0.2) is 29.6 Å². The van der Waals surface area contributed by atoms with Crippen LogP contribution in [0.4, 0.5) is 10.8 Å². The van der Waals surface area contributed by atoms with Crippen LogP contribution in [0.3, 0.4) is 0 Å². The van der Waals surface area contributed by atoms with Gasteiger partial charge in [-0.15, -0.1) is 11.3 Å². The summed E-state index contributed by atoms with van der Waals surface area (Å²) in [7, 11) is -3.48. The second kappa shape index (κ2) is 5.63. The summed E-state index contributed by atoms with van der Waals surface area (Å²) in [4.78, 5) is 4.32. The van der Waals surface area contributed by atoms with Gasteiger partial charge in [-0.1, -0.05) is 12.1 Å². The number of nitrogens with zero attached hydrogens (tertiary/aromatic N) is 2. The highest BCUT2D eigenvalue weighted by atomic mass is 32.2. The lowest BCUT2D eigenvalue weighted by Crippen LogP contribution is -2.33. The van der Waals surface area contributed by atoms with Gasteiger partial charge in [0.25, 0.3) is 0 Å². The molecule has 6 nitrogen and oxygen atoms in total. The lowest BCUT2D eigenvalue weighted by molar-refractivity contribution is 0.482. The lowest BCUT2D eigenvalue weighted by atomic mass is 10.1. The number of benzene rings is 1. The molecule has 0 unspecified atom stereocenters. The van der Waals surface area contributed by atoms with Crippen LogP contribution in [0, 0.1) is 0 Å². The Morgan fingerprint density at radius 1 is 1.29 bits per heavy atom. The van der Waals surface area contributed by atoms with Gasteiger partial charge in [0.15, 0.2) is 5.13 Å². The minimum atomic E-state index is -3.48. The molecule has 0 bridgehead atoms. The van der Waals surface area contributed by atoms with E-state index in [-0.39, 0.29) is 0 Å². The van der Waals surface area contributed by atoms with Gasteiger partial charge in [0, 0.05) is 29.7 Å². The van der Waals surface area contributed by atoms with Crippen molar-refractivity contribution >= 4 is 32.4 Å². The molecule has 1 aliphatic heterocycles. The van der Waals surface area contributed by atoms with Crippen molar-refractivity contribution in [2.45, 2.75) is 12.8 Å². The van der Waals surface area contributed by atoms with Crippen molar-refractivity contribution in [1.82, 2.24) is 9.29 Å². The van der Waals surface area contributed by atoms with E-state index in [0.717, 1.165) is 18.4 Å². The molecule has 0 radical (unpaired) electrons.